The molecule has 0 spiro atoms. The molecule has 0 aromatic heterocycles. The minimum atomic E-state index is -0.426. The van der Waals surface area contributed by atoms with Gasteiger partial charge in [0.1, 0.15) is 6.61 Å². The van der Waals surface area contributed by atoms with Crippen molar-refractivity contribution >= 4 is 11.7 Å². The van der Waals surface area contributed by atoms with Crippen LogP contribution in [0.1, 0.15) is 73.3 Å². The van der Waals surface area contributed by atoms with Crippen molar-refractivity contribution in [1.29, 1.82) is 0 Å². The lowest BCUT2D eigenvalue weighted by Crippen LogP contribution is -2.43. The Labute approximate surface area is 148 Å². The first-order valence-electron chi connectivity index (χ1n) is 9.22. The van der Waals surface area contributed by atoms with Gasteiger partial charge in [-0.2, -0.15) is 0 Å². The average Bonchev–Trinajstić information content (AvgIpc) is 2.54. The quantitative estimate of drug-likeness (QED) is 0.612. The standard InChI is InChI=1S/C21H35NO2/c1-8-16(4)22-18-13-11-17(12-14-18)15-24-19(23)21(9-2,10-3)20(5,6)7/h11-14,16,22H,8-10,15H2,1-7H3. The third kappa shape index (κ3) is 4.75. The van der Waals surface area contributed by atoms with Gasteiger partial charge >= 0.3 is 5.97 Å². The molecule has 1 unspecified atom stereocenters. The van der Waals surface area contributed by atoms with E-state index in [1.165, 1.54) is 0 Å². The summed E-state index contributed by atoms with van der Waals surface area (Å²) < 4.78 is 5.68. The molecule has 0 aliphatic carbocycles. The third-order valence-corrected chi connectivity index (χ3v) is 5.38. The van der Waals surface area contributed by atoms with Crippen molar-refractivity contribution < 1.29 is 9.53 Å². The van der Waals surface area contributed by atoms with Gasteiger partial charge in [-0.3, -0.25) is 4.79 Å². The summed E-state index contributed by atoms with van der Waals surface area (Å²) in [5.41, 5.74) is 1.58. The normalized spacial score (nSPS) is 13.5. The van der Waals surface area contributed by atoms with Crippen LogP contribution in [0.2, 0.25) is 0 Å². The number of ether oxygens (including phenoxy) is 1. The molecule has 24 heavy (non-hydrogen) atoms. The van der Waals surface area contributed by atoms with Crippen molar-refractivity contribution in [2.24, 2.45) is 10.8 Å². The Morgan fingerprint density at radius 3 is 2.04 bits per heavy atom. The number of esters is 1. The Bertz CT molecular complexity index is 510. The van der Waals surface area contributed by atoms with Crippen LogP contribution in [0.15, 0.2) is 24.3 Å². The summed E-state index contributed by atoms with van der Waals surface area (Å²) in [6.45, 7) is 15.2. The highest BCUT2D eigenvalue weighted by molar-refractivity contribution is 5.77. The van der Waals surface area contributed by atoms with Gasteiger partial charge in [-0.05, 0) is 49.3 Å². The van der Waals surface area contributed by atoms with Crippen LogP contribution in [0.25, 0.3) is 0 Å². The Morgan fingerprint density at radius 1 is 1.08 bits per heavy atom. The van der Waals surface area contributed by atoms with Crippen molar-refractivity contribution in [3.05, 3.63) is 29.8 Å². The molecule has 136 valence electrons. The van der Waals surface area contributed by atoms with E-state index in [2.05, 4.69) is 53.8 Å². The molecular formula is C21H35NO2. The number of nitrogens with one attached hydrogen (secondary N) is 1. The van der Waals surface area contributed by atoms with Crippen LogP contribution >= 0.6 is 0 Å². The number of carbonyl (C=O) groups is 1. The molecule has 0 fully saturated rings. The molecule has 0 aliphatic heterocycles. The third-order valence-electron chi connectivity index (χ3n) is 5.38. The second-order valence-corrected chi connectivity index (χ2v) is 7.77. The van der Waals surface area contributed by atoms with Crippen LogP contribution in [0.5, 0.6) is 0 Å². The van der Waals surface area contributed by atoms with Crippen LogP contribution in [0, 0.1) is 10.8 Å². The molecule has 0 saturated carbocycles. The summed E-state index contributed by atoms with van der Waals surface area (Å²) in [5, 5.41) is 3.44. The molecule has 1 atom stereocenters. The van der Waals surface area contributed by atoms with Gasteiger partial charge in [0.05, 0.1) is 5.41 Å². The fourth-order valence-corrected chi connectivity index (χ4v) is 3.28. The van der Waals surface area contributed by atoms with E-state index < -0.39 is 5.41 Å². The number of hydrogen-bond donors (Lipinski definition) is 1. The Hall–Kier alpha value is -1.51. The highest BCUT2D eigenvalue weighted by Gasteiger charge is 2.46. The topological polar surface area (TPSA) is 38.3 Å². The zero-order valence-electron chi connectivity index (χ0n) is 16.5. The van der Waals surface area contributed by atoms with Gasteiger partial charge in [-0.15, -0.1) is 0 Å². The molecule has 0 amide bonds. The number of benzene rings is 1. The summed E-state index contributed by atoms with van der Waals surface area (Å²) in [7, 11) is 0. The largest absolute Gasteiger partial charge is 0.460 e. The van der Waals surface area contributed by atoms with Crippen LogP contribution in [0.4, 0.5) is 5.69 Å². The molecule has 1 rings (SSSR count). The predicted octanol–water partition coefficient (Wildman–Crippen LogP) is 5.79. The lowest BCUT2D eigenvalue weighted by Gasteiger charge is -2.41. The zero-order chi connectivity index (χ0) is 18.4. The molecule has 0 saturated heterocycles. The van der Waals surface area contributed by atoms with E-state index in [-0.39, 0.29) is 11.4 Å². The molecule has 0 heterocycles. The molecule has 0 bridgehead atoms. The molecular weight excluding hydrogens is 298 g/mol. The maximum absolute atomic E-state index is 12.8. The van der Waals surface area contributed by atoms with Gasteiger partial charge in [0.15, 0.2) is 0 Å². The van der Waals surface area contributed by atoms with Crippen molar-refractivity contribution in [1.82, 2.24) is 0 Å². The monoisotopic (exact) mass is 333 g/mol. The lowest BCUT2D eigenvalue weighted by molar-refractivity contribution is -0.165. The fraction of sp³-hybridized carbons (Fsp3) is 0.667. The Balaban J connectivity index is 2.73. The van der Waals surface area contributed by atoms with E-state index in [0.29, 0.717) is 12.6 Å². The Morgan fingerprint density at radius 2 is 1.62 bits per heavy atom. The fourth-order valence-electron chi connectivity index (χ4n) is 3.28. The predicted molar refractivity (Wildman–Crippen MR) is 102 cm³/mol. The average molecular weight is 334 g/mol. The maximum Gasteiger partial charge on any atom is 0.312 e. The van der Waals surface area contributed by atoms with Gasteiger partial charge in [-0.25, -0.2) is 0 Å². The highest BCUT2D eigenvalue weighted by Crippen LogP contribution is 2.45. The van der Waals surface area contributed by atoms with Crippen LogP contribution < -0.4 is 5.32 Å². The van der Waals surface area contributed by atoms with E-state index in [9.17, 15) is 4.79 Å². The van der Waals surface area contributed by atoms with Crippen molar-refractivity contribution in [2.45, 2.75) is 80.4 Å². The smallest absolute Gasteiger partial charge is 0.312 e. The van der Waals surface area contributed by atoms with Gasteiger partial charge < -0.3 is 10.1 Å². The van der Waals surface area contributed by atoms with Gasteiger partial charge in [0, 0.05) is 11.7 Å². The SMILES string of the molecule is CCC(C)Nc1ccc(COC(=O)C(CC)(CC)C(C)(C)C)cc1. The molecule has 3 nitrogen and oxygen atoms in total. The molecule has 0 aliphatic rings. The first-order chi connectivity index (χ1) is 11.2. The minimum Gasteiger partial charge on any atom is -0.460 e. The molecule has 1 N–H and O–H groups in total. The van der Waals surface area contributed by atoms with E-state index in [0.717, 1.165) is 30.5 Å². The second kappa shape index (κ2) is 8.55. The first-order valence-corrected chi connectivity index (χ1v) is 9.22. The lowest BCUT2D eigenvalue weighted by atomic mass is 9.63. The van der Waals surface area contributed by atoms with E-state index >= 15 is 0 Å². The van der Waals surface area contributed by atoms with Crippen molar-refractivity contribution in [2.75, 3.05) is 5.32 Å². The van der Waals surface area contributed by atoms with Crippen molar-refractivity contribution in [3.63, 3.8) is 0 Å². The molecule has 1 aromatic rings. The van der Waals surface area contributed by atoms with Crippen molar-refractivity contribution in [3.8, 4) is 0 Å². The van der Waals surface area contributed by atoms with Gasteiger partial charge in [-0.1, -0.05) is 53.7 Å². The Kier molecular flexibility index (Phi) is 7.31. The second-order valence-electron chi connectivity index (χ2n) is 7.77. The van der Waals surface area contributed by atoms with Crippen LogP contribution in [0.3, 0.4) is 0 Å². The van der Waals surface area contributed by atoms with Gasteiger partial charge in [0.25, 0.3) is 0 Å². The van der Waals surface area contributed by atoms with Gasteiger partial charge in [0.2, 0.25) is 0 Å². The van der Waals surface area contributed by atoms with E-state index in [4.69, 9.17) is 4.74 Å². The molecule has 3 heteroatoms. The number of anilines is 1. The maximum atomic E-state index is 12.8. The summed E-state index contributed by atoms with van der Waals surface area (Å²) in [5.74, 6) is -0.0817. The van der Waals surface area contributed by atoms with E-state index in [1.54, 1.807) is 0 Å². The highest BCUT2D eigenvalue weighted by atomic mass is 16.5. The van der Waals surface area contributed by atoms with Crippen LogP contribution in [-0.4, -0.2) is 12.0 Å². The zero-order valence-corrected chi connectivity index (χ0v) is 16.5. The number of carbonyl (C=O) groups excluding carboxylic acids is 1. The first kappa shape index (κ1) is 20.5. The molecule has 0 radical (unpaired) electrons. The number of rotatable bonds is 8. The molecule has 1 aromatic carbocycles. The summed E-state index contributed by atoms with van der Waals surface area (Å²) in [6, 6.07) is 8.59. The summed E-state index contributed by atoms with van der Waals surface area (Å²) in [4.78, 5) is 12.8. The van der Waals surface area contributed by atoms with E-state index in [1.807, 2.05) is 24.3 Å². The minimum absolute atomic E-state index is 0.0817. The van der Waals surface area contributed by atoms with Crippen LogP contribution in [-0.2, 0) is 16.1 Å². The number of hydrogen-bond acceptors (Lipinski definition) is 3. The summed E-state index contributed by atoms with van der Waals surface area (Å²) >= 11 is 0. The summed E-state index contributed by atoms with van der Waals surface area (Å²) in [6.07, 6.45) is 2.68.